The van der Waals surface area contributed by atoms with E-state index in [1.165, 1.54) is 5.56 Å². The number of piperazine rings is 1. The molecule has 1 atom stereocenters. The van der Waals surface area contributed by atoms with E-state index in [1.54, 1.807) is 7.11 Å². The molecule has 0 aliphatic carbocycles. The molecule has 4 nitrogen and oxygen atoms in total. The van der Waals surface area contributed by atoms with Gasteiger partial charge in [-0.3, -0.25) is 4.90 Å². The Hall–Kier alpha value is -0.780. The standard InChI is InChI=1S/C13H21N3OS/c1-11-9-15(6-7-16(11)18-3)10-12-4-5-13(17-2)14-8-12/h4-5,8,11H,6-7,9-10H2,1-3H3. The minimum Gasteiger partial charge on any atom is -0.481 e. The lowest BCUT2D eigenvalue weighted by molar-refractivity contribution is 0.146. The summed E-state index contributed by atoms with van der Waals surface area (Å²) in [6.45, 7) is 6.63. The van der Waals surface area contributed by atoms with Gasteiger partial charge in [0.25, 0.3) is 0 Å². The van der Waals surface area contributed by atoms with Crippen molar-refractivity contribution in [3.05, 3.63) is 23.9 Å². The molecule has 0 amide bonds. The van der Waals surface area contributed by atoms with Gasteiger partial charge in [-0.1, -0.05) is 18.0 Å². The summed E-state index contributed by atoms with van der Waals surface area (Å²) in [5.74, 6) is 0.680. The average Bonchev–Trinajstić information content (AvgIpc) is 2.40. The van der Waals surface area contributed by atoms with Crippen molar-refractivity contribution in [3.8, 4) is 5.88 Å². The van der Waals surface area contributed by atoms with Crippen LogP contribution in [0.5, 0.6) is 5.88 Å². The highest BCUT2D eigenvalue weighted by Gasteiger charge is 2.22. The smallest absolute Gasteiger partial charge is 0.212 e. The first-order chi connectivity index (χ1) is 8.72. The van der Waals surface area contributed by atoms with Crippen LogP contribution in [0.2, 0.25) is 0 Å². The summed E-state index contributed by atoms with van der Waals surface area (Å²) in [4.78, 5) is 6.74. The summed E-state index contributed by atoms with van der Waals surface area (Å²) in [6, 6.07) is 4.63. The highest BCUT2D eigenvalue weighted by atomic mass is 32.2. The van der Waals surface area contributed by atoms with Crippen LogP contribution in [0.1, 0.15) is 12.5 Å². The van der Waals surface area contributed by atoms with Crippen LogP contribution in [0.4, 0.5) is 0 Å². The minimum atomic E-state index is 0.611. The monoisotopic (exact) mass is 267 g/mol. The van der Waals surface area contributed by atoms with Gasteiger partial charge in [0.05, 0.1) is 7.11 Å². The predicted molar refractivity (Wildman–Crippen MR) is 75.7 cm³/mol. The molecule has 0 N–H and O–H groups in total. The topological polar surface area (TPSA) is 28.6 Å². The maximum Gasteiger partial charge on any atom is 0.212 e. The molecule has 0 saturated carbocycles. The lowest BCUT2D eigenvalue weighted by atomic mass is 10.2. The zero-order valence-electron chi connectivity index (χ0n) is 11.3. The quantitative estimate of drug-likeness (QED) is 0.777. The van der Waals surface area contributed by atoms with Gasteiger partial charge in [-0.05, 0) is 18.7 Å². The van der Waals surface area contributed by atoms with Crippen molar-refractivity contribution < 1.29 is 4.74 Å². The summed E-state index contributed by atoms with van der Waals surface area (Å²) < 4.78 is 7.52. The number of pyridine rings is 1. The van der Waals surface area contributed by atoms with Crippen LogP contribution < -0.4 is 4.74 Å². The molecule has 0 bridgehead atoms. The van der Waals surface area contributed by atoms with E-state index in [0.29, 0.717) is 11.9 Å². The molecule has 1 aromatic heterocycles. The maximum absolute atomic E-state index is 5.07. The summed E-state index contributed by atoms with van der Waals surface area (Å²) >= 11 is 1.84. The summed E-state index contributed by atoms with van der Waals surface area (Å²) in [5, 5.41) is 0. The molecule has 18 heavy (non-hydrogen) atoms. The minimum absolute atomic E-state index is 0.611. The molecule has 0 radical (unpaired) electrons. The molecule has 0 aromatic carbocycles. The van der Waals surface area contributed by atoms with Crippen LogP contribution in [-0.2, 0) is 6.54 Å². The molecule has 2 rings (SSSR count). The first-order valence-corrected chi connectivity index (χ1v) is 7.43. The molecule has 1 saturated heterocycles. The molecule has 1 aromatic rings. The van der Waals surface area contributed by atoms with Gasteiger partial charge >= 0.3 is 0 Å². The zero-order chi connectivity index (χ0) is 13.0. The van der Waals surface area contributed by atoms with E-state index in [9.17, 15) is 0 Å². The van der Waals surface area contributed by atoms with Crippen molar-refractivity contribution in [1.29, 1.82) is 0 Å². The highest BCUT2D eigenvalue weighted by Crippen LogP contribution is 2.18. The summed E-state index contributed by atoms with van der Waals surface area (Å²) in [5.41, 5.74) is 1.25. The van der Waals surface area contributed by atoms with Gasteiger partial charge in [0.15, 0.2) is 0 Å². The number of methoxy groups -OCH3 is 1. The SMILES string of the molecule is COc1ccc(CN2CCN(SC)C(C)C2)cn1. The normalized spacial score (nSPS) is 22.1. The van der Waals surface area contributed by atoms with Crippen molar-refractivity contribution in [1.82, 2.24) is 14.2 Å². The number of nitrogens with zero attached hydrogens (tertiary/aromatic N) is 3. The van der Waals surface area contributed by atoms with Gasteiger partial charge in [-0.25, -0.2) is 9.29 Å². The number of hydrogen-bond acceptors (Lipinski definition) is 5. The molecule has 1 fully saturated rings. The lowest BCUT2D eigenvalue weighted by Crippen LogP contribution is -2.48. The van der Waals surface area contributed by atoms with E-state index in [0.717, 1.165) is 26.2 Å². The molecule has 1 unspecified atom stereocenters. The number of ether oxygens (including phenoxy) is 1. The van der Waals surface area contributed by atoms with Crippen molar-refractivity contribution in [2.45, 2.75) is 19.5 Å². The van der Waals surface area contributed by atoms with Gasteiger partial charge in [0.1, 0.15) is 0 Å². The predicted octanol–water partition coefficient (Wildman–Crippen LogP) is 1.87. The Bertz CT molecular complexity index is 371. The second kappa shape index (κ2) is 6.41. The Morgan fingerprint density at radius 1 is 1.44 bits per heavy atom. The second-order valence-electron chi connectivity index (χ2n) is 4.62. The molecular formula is C13H21N3OS. The first-order valence-electron chi connectivity index (χ1n) is 6.25. The third kappa shape index (κ3) is 3.37. The first kappa shape index (κ1) is 13.6. The lowest BCUT2D eigenvalue weighted by Gasteiger charge is -2.38. The van der Waals surface area contributed by atoms with Crippen molar-refractivity contribution in [3.63, 3.8) is 0 Å². The molecule has 2 heterocycles. The van der Waals surface area contributed by atoms with Crippen LogP contribution >= 0.6 is 11.9 Å². The highest BCUT2D eigenvalue weighted by molar-refractivity contribution is 7.96. The van der Waals surface area contributed by atoms with Crippen LogP contribution in [0.3, 0.4) is 0 Å². The fourth-order valence-electron chi connectivity index (χ4n) is 2.31. The molecule has 1 aliphatic heterocycles. The molecule has 0 spiro atoms. The van der Waals surface area contributed by atoms with Crippen LogP contribution in [0.15, 0.2) is 18.3 Å². The Morgan fingerprint density at radius 3 is 2.83 bits per heavy atom. The maximum atomic E-state index is 5.07. The Balaban J connectivity index is 1.89. The Morgan fingerprint density at radius 2 is 2.28 bits per heavy atom. The molecule has 5 heteroatoms. The van der Waals surface area contributed by atoms with Crippen LogP contribution in [-0.4, -0.2) is 53.2 Å². The average molecular weight is 267 g/mol. The third-order valence-corrected chi connectivity index (χ3v) is 4.31. The van der Waals surface area contributed by atoms with E-state index >= 15 is 0 Å². The van der Waals surface area contributed by atoms with Gasteiger partial charge < -0.3 is 4.74 Å². The van der Waals surface area contributed by atoms with E-state index in [-0.39, 0.29) is 0 Å². The Kier molecular flexibility index (Phi) is 4.86. The number of hydrogen-bond donors (Lipinski definition) is 0. The van der Waals surface area contributed by atoms with Gasteiger partial charge in [0.2, 0.25) is 5.88 Å². The fourth-order valence-corrected chi connectivity index (χ4v) is 3.01. The number of aromatic nitrogens is 1. The van der Waals surface area contributed by atoms with Crippen molar-refractivity contribution in [2.24, 2.45) is 0 Å². The van der Waals surface area contributed by atoms with Gasteiger partial charge in [0, 0.05) is 44.5 Å². The molecule has 1 aliphatic rings. The molecular weight excluding hydrogens is 246 g/mol. The van der Waals surface area contributed by atoms with Crippen molar-refractivity contribution in [2.75, 3.05) is 33.0 Å². The zero-order valence-corrected chi connectivity index (χ0v) is 12.1. The largest absolute Gasteiger partial charge is 0.481 e. The summed E-state index contributed by atoms with van der Waals surface area (Å²) in [7, 11) is 1.64. The molecule has 100 valence electrons. The van der Waals surface area contributed by atoms with E-state index in [4.69, 9.17) is 4.74 Å². The van der Waals surface area contributed by atoms with E-state index < -0.39 is 0 Å². The van der Waals surface area contributed by atoms with Crippen LogP contribution in [0, 0.1) is 0 Å². The van der Waals surface area contributed by atoms with Crippen molar-refractivity contribution >= 4 is 11.9 Å². The Labute approximate surface area is 113 Å². The van der Waals surface area contributed by atoms with E-state index in [2.05, 4.69) is 33.4 Å². The van der Waals surface area contributed by atoms with Gasteiger partial charge in [-0.15, -0.1) is 0 Å². The van der Waals surface area contributed by atoms with Gasteiger partial charge in [-0.2, -0.15) is 0 Å². The number of rotatable bonds is 4. The van der Waals surface area contributed by atoms with E-state index in [1.807, 2.05) is 24.2 Å². The third-order valence-electron chi connectivity index (χ3n) is 3.30. The second-order valence-corrected chi connectivity index (χ2v) is 5.45. The van der Waals surface area contributed by atoms with Crippen LogP contribution in [0.25, 0.3) is 0 Å². The summed E-state index contributed by atoms with van der Waals surface area (Å²) in [6.07, 6.45) is 4.06. The fraction of sp³-hybridized carbons (Fsp3) is 0.615.